The summed E-state index contributed by atoms with van der Waals surface area (Å²) in [6.07, 6.45) is 0. The van der Waals surface area contributed by atoms with Crippen molar-refractivity contribution in [2.24, 2.45) is 0 Å². The minimum atomic E-state index is 0.520. The number of rotatable bonds is 1. The Bertz CT molecular complexity index is 320. The third-order valence-corrected chi connectivity index (χ3v) is 4.31. The largest absolute Gasteiger partial charge is 0.308 e. The van der Waals surface area contributed by atoms with Crippen LogP contribution in [-0.2, 0) is 0 Å². The van der Waals surface area contributed by atoms with E-state index in [9.17, 15) is 0 Å². The van der Waals surface area contributed by atoms with Crippen molar-refractivity contribution < 1.29 is 0 Å². The molecule has 1 aliphatic rings. The van der Waals surface area contributed by atoms with Crippen LogP contribution >= 0.6 is 11.8 Å². The zero-order valence-electron chi connectivity index (χ0n) is 9.66. The average Bonchev–Trinajstić information content (AvgIpc) is 2.20. The monoisotopic (exact) mass is 221 g/mol. The van der Waals surface area contributed by atoms with Crippen LogP contribution < -0.4 is 5.32 Å². The van der Waals surface area contributed by atoms with E-state index < -0.39 is 0 Å². The molecule has 1 aromatic carbocycles. The Morgan fingerprint density at radius 3 is 2.47 bits per heavy atom. The van der Waals surface area contributed by atoms with Gasteiger partial charge in [0, 0.05) is 23.1 Å². The van der Waals surface area contributed by atoms with Gasteiger partial charge < -0.3 is 5.32 Å². The highest BCUT2D eigenvalue weighted by atomic mass is 32.2. The number of hydrogen-bond donors (Lipinski definition) is 1. The molecule has 2 heteroatoms. The van der Waals surface area contributed by atoms with Crippen molar-refractivity contribution in [2.75, 3.05) is 6.54 Å². The second kappa shape index (κ2) is 4.58. The predicted octanol–water partition coefficient (Wildman–Crippen LogP) is 3.15. The second-order valence-electron chi connectivity index (χ2n) is 4.45. The SMILES string of the molecule is Cc1ccc(C2NCC(C)SC2C)cc1. The van der Waals surface area contributed by atoms with Crippen LogP contribution in [0.25, 0.3) is 0 Å². The molecule has 1 fully saturated rings. The van der Waals surface area contributed by atoms with Crippen LogP contribution in [0.1, 0.15) is 31.0 Å². The fourth-order valence-corrected chi connectivity index (χ4v) is 3.45. The maximum Gasteiger partial charge on any atom is 0.0438 e. The van der Waals surface area contributed by atoms with Gasteiger partial charge in [-0.15, -0.1) is 0 Å². The van der Waals surface area contributed by atoms with Crippen molar-refractivity contribution in [3.8, 4) is 0 Å². The summed E-state index contributed by atoms with van der Waals surface area (Å²) in [5, 5.41) is 5.03. The third kappa shape index (κ3) is 2.56. The molecule has 0 saturated carbocycles. The van der Waals surface area contributed by atoms with Crippen molar-refractivity contribution in [3.05, 3.63) is 35.4 Å². The summed E-state index contributed by atoms with van der Waals surface area (Å²) in [6, 6.07) is 9.42. The van der Waals surface area contributed by atoms with Crippen LogP contribution in [0.2, 0.25) is 0 Å². The zero-order chi connectivity index (χ0) is 10.8. The number of benzene rings is 1. The normalized spacial score (nSPS) is 31.5. The second-order valence-corrected chi connectivity index (χ2v) is 6.27. The van der Waals surface area contributed by atoms with E-state index in [1.807, 2.05) is 0 Å². The van der Waals surface area contributed by atoms with Crippen LogP contribution in [0.4, 0.5) is 0 Å². The molecule has 1 aliphatic heterocycles. The minimum Gasteiger partial charge on any atom is -0.308 e. The summed E-state index contributed by atoms with van der Waals surface area (Å²) in [6.45, 7) is 7.86. The zero-order valence-corrected chi connectivity index (χ0v) is 10.5. The minimum absolute atomic E-state index is 0.520. The smallest absolute Gasteiger partial charge is 0.0438 e. The van der Waals surface area contributed by atoms with E-state index in [2.05, 4.69) is 62.1 Å². The van der Waals surface area contributed by atoms with Gasteiger partial charge in [0.1, 0.15) is 0 Å². The molecular weight excluding hydrogens is 202 g/mol. The van der Waals surface area contributed by atoms with E-state index in [-0.39, 0.29) is 0 Å². The Morgan fingerprint density at radius 1 is 1.20 bits per heavy atom. The Hall–Kier alpha value is -0.470. The lowest BCUT2D eigenvalue weighted by Crippen LogP contribution is -2.39. The van der Waals surface area contributed by atoms with E-state index >= 15 is 0 Å². The van der Waals surface area contributed by atoms with Crippen LogP contribution in [0, 0.1) is 6.92 Å². The molecule has 0 aliphatic carbocycles. The number of hydrogen-bond acceptors (Lipinski definition) is 2. The molecule has 1 aromatic rings. The maximum atomic E-state index is 3.63. The van der Waals surface area contributed by atoms with E-state index in [4.69, 9.17) is 0 Å². The fourth-order valence-electron chi connectivity index (χ4n) is 2.11. The summed E-state index contributed by atoms with van der Waals surface area (Å²) in [5.74, 6) is 0. The molecule has 1 saturated heterocycles. The number of thioether (sulfide) groups is 1. The van der Waals surface area contributed by atoms with Gasteiger partial charge in [-0.25, -0.2) is 0 Å². The molecule has 1 heterocycles. The molecule has 0 spiro atoms. The van der Waals surface area contributed by atoms with Gasteiger partial charge in [0.25, 0.3) is 0 Å². The highest BCUT2D eigenvalue weighted by Gasteiger charge is 2.26. The van der Waals surface area contributed by atoms with Gasteiger partial charge in [-0.3, -0.25) is 0 Å². The molecule has 15 heavy (non-hydrogen) atoms. The standard InChI is InChI=1S/C13H19NS/c1-9-4-6-12(7-5-9)13-11(3)15-10(2)8-14-13/h4-7,10-11,13-14H,8H2,1-3H3. The third-order valence-electron chi connectivity index (χ3n) is 2.98. The summed E-state index contributed by atoms with van der Waals surface area (Å²) < 4.78 is 0. The molecule has 0 radical (unpaired) electrons. The van der Waals surface area contributed by atoms with Gasteiger partial charge in [-0.1, -0.05) is 43.7 Å². The van der Waals surface area contributed by atoms with E-state index in [1.54, 1.807) is 0 Å². The first kappa shape index (κ1) is 11.0. The van der Waals surface area contributed by atoms with Crippen LogP contribution in [0.5, 0.6) is 0 Å². The van der Waals surface area contributed by atoms with Crippen molar-refractivity contribution in [3.63, 3.8) is 0 Å². The maximum absolute atomic E-state index is 3.63. The summed E-state index contributed by atoms with van der Waals surface area (Å²) in [4.78, 5) is 0. The van der Waals surface area contributed by atoms with Crippen molar-refractivity contribution in [1.29, 1.82) is 0 Å². The van der Waals surface area contributed by atoms with Crippen LogP contribution in [0.3, 0.4) is 0 Å². The van der Waals surface area contributed by atoms with Gasteiger partial charge in [-0.2, -0.15) is 11.8 Å². The Balaban J connectivity index is 2.13. The molecule has 0 bridgehead atoms. The molecule has 3 atom stereocenters. The molecule has 82 valence electrons. The van der Waals surface area contributed by atoms with E-state index in [0.29, 0.717) is 11.3 Å². The average molecular weight is 221 g/mol. The molecule has 3 unspecified atom stereocenters. The lowest BCUT2D eigenvalue weighted by Gasteiger charge is -2.33. The molecule has 1 nitrogen and oxygen atoms in total. The quantitative estimate of drug-likeness (QED) is 0.782. The molecule has 0 amide bonds. The van der Waals surface area contributed by atoms with E-state index in [1.165, 1.54) is 11.1 Å². The van der Waals surface area contributed by atoms with E-state index in [0.717, 1.165) is 11.8 Å². The van der Waals surface area contributed by atoms with Gasteiger partial charge >= 0.3 is 0 Å². The van der Waals surface area contributed by atoms with Crippen molar-refractivity contribution in [2.45, 2.75) is 37.3 Å². The Kier molecular flexibility index (Phi) is 3.37. The first-order valence-electron chi connectivity index (χ1n) is 5.62. The number of aryl methyl sites for hydroxylation is 1. The molecule has 0 aromatic heterocycles. The predicted molar refractivity (Wildman–Crippen MR) is 68.4 cm³/mol. The molecule has 1 N–H and O–H groups in total. The fraction of sp³-hybridized carbons (Fsp3) is 0.538. The first-order chi connectivity index (χ1) is 7.16. The van der Waals surface area contributed by atoms with Crippen LogP contribution in [-0.4, -0.2) is 17.0 Å². The Labute approximate surface area is 96.7 Å². The van der Waals surface area contributed by atoms with Crippen molar-refractivity contribution >= 4 is 11.8 Å². The van der Waals surface area contributed by atoms with Gasteiger partial charge in [0.2, 0.25) is 0 Å². The van der Waals surface area contributed by atoms with Gasteiger partial charge in [0.15, 0.2) is 0 Å². The summed E-state index contributed by atoms with van der Waals surface area (Å²) in [7, 11) is 0. The van der Waals surface area contributed by atoms with Gasteiger partial charge in [0.05, 0.1) is 0 Å². The lowest BCUT2D eigenvalue weighted by molar-refractivity contribution is 0.510. The lowest BCUT2D eigenvalue weighted by atomic mass is 10.0. The van der Waals surface area contributed by atoms with Crippen molar-refractivity contribution in [1.82, 2.24) is 5.32 Å². The highest BCUT2D eigenvalue weighted by molar-refractivity contribution is 8.00. The summed E-state index contributed by atoms with van der Waals surface area (Å²) in [5.41, 5.74) is 2.76. The van der Waals surface area contributed by atoms with Gasteiger partial charge in [-0.05, 0) is 12.5 Å². The first-order valence-corrected chi connectivity index (χ1v) is 6.56. The topological polar surface area (TPSA) is 12.0 Å². The molecular formula is C13H19NS. The molecule has 2 rings (SSSR count). The highest BCUT2D eigenvalue weighted by Crippen LogP contribution is 2.32. The number of nitrogens with one attached hydrogen (secondary N) is 1. The Morgan fingerprint density at radius 2 is 1.87 bits per heavy atom. The van der Waals surface area contributed by atoms with Crippen LogP contribution in [0.15, 0.2) is 24.3 Å². The summed E-state index contributed by atoms with van der Waals surface area (Å²) >= 11 is 2.09.